The van der Waals surface area contributed by atoms with Crippen LogP contribution in [0.3, 0.4) is 0 Å². The van der Waals surface area contributed by atoms with E-state index in [2.05, 4.69) is 9.71 Å². The summed E-state index contributed by atoms with van der Waals surface area (Å²) in [6.45, 7) is 0.504. The van der Waals surface area contributed by atoms with Crippen molar-refractivity contribution < 1.29 is 13.2 Å². The molecular weight excluding hydrogens is 298 g/mol. The molecule has 2 heterocycles. The highest BCUT2D eigenvalue weighted by Crippen LogP contribution is 2.20. The number of hydrogen-bond donors (Lipinski definition) is 2. The lowest BCUT2D eigenvalue weighted by molar-refractivity contribution is 0.397. The van der Waals surface area contributed by atoms with E-state index < -0.39 is 10.0 Å². The number of methoxy groups -OCH3 is 1. The highest BCUT2D eigenvalue weighted by atomic mass is 32.2. The number of thiophene rings is 1. The van der Waals surface area contributed by atoms with Crippen LogP contribution in [-0.4, -0.2) is 20.5 Å². The topological polar surface area (TPSA) is 94.3 Å². The third-order valence-corrected chi connectivity index (χ3v) is 5.49. The van der Waals surface area contributed by atoms with E-state index in [0.29, 0.717) is 12.4 Å². The first kappa shape index (κ1) is 14.9. The Labute approximate surface area is 121 Å². The van der Waals surface area contributed by atoms with Gasteiger partial charge in [-0.1, -0.05) is 6.07 Å². The van der Waals surface area contributed by atoms with Crippen molar-refractivity contribution in [3.05, 3.63) is 40.9 Å². The van der Waals surface area contributed by atoms with E-state index in [1.54, 1.807) is 29.8 Å². The molecule has 0 aliphatic carbocycles. The Balaban J connectivity index is 2.04. The smallest absolute Gasteiger partial charge is 0.250 e. The molecule has 0 spiro atoms. The molecular formula is C12H15N3O3S2. The Bertz CT molecular complexity index is 666. The van der Waals surface area contributed by atoms with E-state index in [9.17, 15) is 8.42 Å². The number of ether oxygens (including phenoxy) is 1. The number of nitrogens with two attached hydrogens (primary N) is 1. The van der Waals surface area contributed by atoms with Crippen LogP contribution >= 0.6 is 11.3 Å². The van der Waals surface area contributed by atoms with Crippen LogP contribution in [0.2, 0.25) is 0 Å². The zero-order valence-corrected chi connectivity index (χ0v) is 12.5. The van der Waals surface area contributed by atoms with E-state index in [0.717, 1.165) is 22.5 Å². The molecule has 2 aromatic heterocycles. The Kier molecular flexibility index (Phi) is 4.71. The second kappa shape index (κ2) is 6.31. The van der Waals surface area contributed by atoms with Gasteiger partial charge < -0.3 is 10.5 Å². The van der Waals surface area contributed by atoms with Gasteiger partial charge in [0.25, 0.3) is 0 Å². The summed E-state index contributed by atoms with van der Waals surface area (Å²) >= 11 is 1.16. The maximum absolute atomic E-state index is 12.1. The lowest BCUT2D eigenvalue weighted by Crippen LogP contribution is -2.22. The van der Waals surface area contributed by atoms with Crippen molar-refractivity contribution in [1.82, 2.24) is 9.71 Å². The summed E-state index contributed by atoms with van der Waals surface area (Å²) in [5.74, 6) is 0.488. The first-order chi connectivity index (χ1) is 9.55. The normalized spacial score (nSPS) is 11.5. The second-order valence-electron chi connectivity index (χ2n) is 4.01. The van der Waals surface area contributed by atoms with Crippen LogP contribution in [0.15, 0.2) is 34.0 Å². The quantitative estimate of drug-likeness (QED) is 0.832. The van der Waals surface area contributed by atoms with Crippen molar-refractivity contribution >= 4 is 21.4 Å². The molecule has 3 N–H and O–H groups in total. The van der Waals surface area contributed by atoms with Crippen LogP contribution in [0.4, 0.5) is 0 Å². The minimum absolute atomic E-state index is 0.176. The predicted octanol–water partition coefficient (Wildman–Crippen LogP) is 1.09. The molecule has 8 heteroatoms. The fourth-order valence-corrected chi connectivity index (χ4v) is 3.77. The van der Waals surface area contributed by atoms with Gasteiger partial charge in [-0.2, -0.15) is 0 Å². The molecule has 0 saturated heterocycles. The lowest BCUT2D eigenvalue weighted by Gasteiger charge is -2.05. The zero-order valence-electron chi connectivity index (χ0n) is 10.9. The Morgan fingerprint density at radius 2 is 2.20 bits per heavy atom. The number of pyridine rings is 1. The molecule has 0 fully saturated rings. The fraction of sp³-hybridized carbons (Fsp3) is 0.250. The molecule has 108 valence electrons. The van der Waals surface area contributed by atoms with Crippen LogP contribution in [-0.2, 0) is 23.1 Å². The van der Waals surface area contributed by atoms with Gasteiger partial charge in [0.05, 0.1) is 7.11 Å². The molecule has 0 amide bonds. The minimum Gasteiger partial charge on any atom is -0.481 e. The molecule has 0 atom stereocenters. The van der Waals surface area contributed by atoms with Gasteiger partial charge in [-0.05, 0) is 22.6 Å². The highest BCUT2D eigenvalue weighted by molar-refractivity contribution is 7.91. The number of nitrogens with zero attached hydrogens (tertiary/aromatic N) is 1. The van der Waals surface area contributed by atoms with Crippen molar-refractivity contribution in [3.63, 3.8) is 0 Å². The van der Waals surface area contributed by atoms with E-state index in [-0.39, 0.29) is 10.8 Å². The Hall–Kier alpha value is -1.48. The lowest BCUT2D eigenvalue weighted by atomic mass is 10.3. The molecule has 6 nitrogen and oxygen atoms in total. The number of sulfonamides is 1. The van der Waals surface area contributed by atoms with Crippen molar-refractivity contribution in [1.29, 1.82) is 0 Å². The second-order valence-corrected chi connectivity index (χ2v) is 6.92. The van der Waals surface area contributed by atoms with Gasteiger partial charge >= 0.3 is 0 Å². The molecule has 0 saturated carbocycles. The van der Waals surface area contributed by atoms with Crippen LogP contribution in [0, 0.1) is 0 Å². The van der Waals surface area contributed by atoms with E-state index >= 15 is 0 Å². The summed E-state index contributed by atoms with van der Waals surface area (Å²) in [6.07, 6.45) is 1.57. The summed E-state index contributed by atoms with van der Waals surface area (Å²) < 4.78 is 31.9. The first-order valence-electron chi connectivity index (χ1n) is 5.81. The number of hydrogen-bond acceptors (Lipinski definition) is 6. The monoisotopic (exact) mass is 313 g/mol. The third kappa shape index (κ3) is 3.54. The van der Waals surface area contributed by atoms with Crippen LogP contribution < -0.4 is 15.2 Å². The van der Waals surface area contributed by atoms with Crippen molar-refractivity contribution in [2.24, 2.45) is 5.73 Å². The number of rotatable bonds is 6. The predicted molar refractivity (Wildman–Crippen MR) is 77.0 cm³/mol. The summed E-state index contributed by atoms with van der Waals surface area (Å²) in [4.78, 5) is 4.02. The van der Waals surface area contributed by atoms with Gasteiger partial charge in [-0.25, -0.2) is 18.1 Å². The van der Waals surface area contributed by atoms with E-state index in [4.69, 9.17) is 10.5 Å². The largest absolute Gasteiger partial charge is 0.481 e. The van der Waals surface area contributed by atoms with Crippen molar-refractivity contribution in [3.8, 4) is 5.88 Å². The standard InChI is InChI=1S/C12H15N3O3S2/c1-18-11-3-2-9(6-14-11)7-15-20(16,17)12-4-10(5-13)8-19-12/h2-4,6,8,15H,5,7,13H2,1H3. The maximum Gasteiger partial charge on any atom is 0.250 e. The summed E-state index contributed by atoms with van der Waals surface area (Å²) in [5, 5.41) is 1.74. The number of aromatic nitrogens is 1. The Morgan fingerprint density at radius 1 is 1.40 bits per heavy atom. The van der Waals surface area contributed by atoms with E-state index in [1.807, 2.05) is 0 Å². The first-order valence-corrected chi connectivity index (χ1v) is 8.17. The van der Waals surface area contributed by atoms with Crippen molar-refractivity contribution in [2.45, 2.75) is 17.3 Å². The van der Waals surface area contributed by atoms with Gasteiger partial charge in [0.15, 0.2) is 0 Å². The molecule has 2 rings (SSSR count). The number of nitrogens with one attached hydrogen (secondary N) is 1. The van der Waals surface area contributed by atoms with Gasteiger partial charge in [0.2, 0.25) is 15.9 Å². The maximum atomic E-state index is 12.1. The average Bonchev–Trinajstić information content (AvgIpc) is 2.95. The molecule has 0 aliphatic rings. The van der Waals surface area contributed by atoms with Gasteiger partial charge in [0, 0.05) is 25.4 Å². The molecule has 0 bridgehead atoms. The third-order valence-electron chi connectivity index (χ3n) is 2.60. The van der Waals surface area contributed by atoms with Gasteiger partial charge in [-0.15, -0.1) is 11.3 Å². The zero-order chi connectivity index (χ0) is 14.6. The molecule has 0 radical (unpaired) electrons. The molecule has 20 heavy (non-hydrogen) atoms. The summed E-state index contributed by atoms with van der Waals surface area (Å²) in [6, 6.07) is 5.02. The molecule has 0 aliphatic heterocycles. The molecule has 0 unspecified atom stereocenters. The minimum atomic E-state index is -3.51. The SMILES string of the molecule is COc1ccc(CNS(=O)(=O)c2cc(CN)cs2)cn1. The molecule has 0 aromatic carbocycles. The summed E-state index contributed by atoms with van der Waals surface area (Å²) in [7, 11) is -1.99. The average molecular weight is 313 g/mol. The van der Waals surface area contributed by atoms with Gasteiger partial charge in [-0.3, -0.25) is 0 Å². The van der Waals surface area contributed by atoms with Gasteiger partial charge in [0.1, 0.15) is 4.21 Å². The summed E-state index contributed by atoms with van der Waals surface area (Å²) in [5.41, 5.74) is 7.03. The van der Waals surface area contributed by atoms with Crippen LogP contribution in [0.5, 0.6) is 5.88 Å². The van der Waals surface area contributed by atoms with E-state index in [1.165, 1.54) is 7.11 Å². The van der Waals surface area contributed by atoms with Crippen LogP contribution in [0.25, 0.3) is 0 Å². The Morgan fingerprint density at radius 3 is 2.75 bits per heavy atom. The fourth-order valence-electron chi connectivity index (χ4n) is 1.49. The van der Waals surface area contributed by atoms with Crippen molar-refractivity contribution in [2.75, 3.05) is 7.11 Å². The molecule has 2 aromatic rings. The van der Waals surface area contributed by atoms with Crippen LogP contribution in [0.1, 0.15) is 11.1 Å². The highest BCUT2D eigenvalue weighted by Gasteiger charge is 2.16.